The molecule has 3 atom stereocenters. The normalized spacial score (nSPS) is 29.8. The Labute approximate surface area is 151 Å². The van der Waals surface area contributed by atoms with E-state index in [0.29, 0.717) is 11.1 Å². The van der Waals surface area contributed by atoms with Crippen LogP contribution in [-0.2, 0) is 0 Å². The average molecular weight is 346 g/mol. The van der Waals surface area contributed by atoms with E-state index in [0.717, 1.165) is 31.4 Å². The Bertz CT molecular complexity index is 891. The number of imide groups is 1. The molecule has 2 fully saturated rings. The highest BCUT2D eigenvalue weighted by molar-refractivity contribution is 6.21. The van der Waals surface area contributed by atoms with Crippen LogP contribution >= 0.6 is 0 Å². The summed E-state index contributed by atoms with van der Waals surface area (Å²) in [5, 5.41) is 12.2. The van der Waals surface area contributed by atoms with Crippen LogP contribution in [0.15, 0.2) is 64.8 Å². The third-order valence-electron chi connectivity index (χ3n) is 5.51. The van der Waals surface area contributed by atoms with E-state index in [1.165, 1.54) is 5.01 Å². The van der Waals surface area contributed by atoms with Crippen molar-refractivity contribution in [3.8, 4) is 0 Å². The number of azo groups is 1. The minimum absolute atomic E-state index is 0.0610. The van der Waals surface area contributed by atoms with Gasteiger partial charge in [0, 0.05) is 0 Å². The number of hydrogen-bond acceptors (Lipinski definition) is 5. The minimum atomic E-state index is -0.568. The molecule has 1 saturated carbocycles. The molecule has 1 saturated heterocycles. The lowest BCUT2D eigenvalue weighted by atomic mass is 9.96. The molecule has 0 bridgehead atoms. The lowest BCUT2D eigenvalue weighted by molar-refractivity contribution is 0.0290. The number of fused-ring (bicyclic) bond motifs is 2. The fourth-order valence-electron chi connectivity index (χ4n) is 4.21. The topological polar surface area (TPSA) is 65.1 Å². The molecule has 1 aliphatic carbocycles. The molecule has 5 rings (SSSR count). The van der Waals surface area contributed by atoms with Crippen LogP contribution in [0.4, 0.5) is 5.69 Å². The van der Waals surface area contributed by atoms with Gasteiger partial charge >= 0.3 is 0 Å². The van der Waals surface area contributed by atoms with Crippen LogP contribution in [0, 0.1) is 0 Å². The molecular formula is C20H18N4O2. The highest BCUT2D eigenvalue weighted by atomic mass is 16.2. The van der Waals surface area contributed by atoms with Gasteiger partial charge < -0.3 is 0 Å². The first-order valence-electron chi connectivity index (χ1n) is 8.97. The van der Waals surface area contributed by atoms with Crippen molar-refractivity contribution >= 4 is 17.5 Å². The van der Waals surface area contributed by atoms with Gasteiger partial charge in [-0.05, 0) is 43.5 Å². The van der Waals surface area contributed by atoms with Crippen molar-refractivity contribution in [1.82, 2.24) is 10.0 Å². The standard InChI is InChI=1S/C20H18N4O2/c25-18-15-10-4-5-11-16(15)19(26)23(18)24-17-12-6-7-13-20(17,24)22-21-14-8-2-1-3-9-14/h1-5,8-11,17H,6-7,12-13H2/t17-,20-,24?/m1/s1. The molecule has 6 heteroatoms. The Morgan fingerprint density at radius 3 is 2.23 bits per heavy atom. The quantitative estimate of drug-likeness (QED) is 0.480. The summed E-state index contributed by atoms with van der Waals surface area (Å²) in [5.41, 5.74) is 1.15. The molecule has 2 heterocycles. The van der Waals surface area contributed by atoms with Crippen molar-refractivity contribution in [2.75, 3.05) is 0 Å². The van der Waals surface area contributed by atoms with Crippen LogP contribution in [0.5, 0.6) is 0 Å². The zero-order valence-corrected chi connectivity index (χ0v) is 14.2. The fraction of sp³-hybridized carbons (Fsp3) is 0.300. The van der Waals surface area contributed by atoms with Gasteiger partial charge in [0.25, 0.3) is 11.8 Å². The Balaban J connectivity index is 1.49. The van der Waals surface area contributed by atoms with Gasteiger partial charge in [0.15, 0.2) is 5.66 Å². The van der Waals surface area contributed by atoms with Gasteiger partial charge in [-0.2, -0.15) is 20.2 Å². The van der Waals surface area contributed by atoms with Crippen molar-refractivity contribution in [2.45, 2.75) is 37.4 Å². The van der Waals surface area contributed by atoms with Gasteiger partial charge in [-0.15, -0.1) is 0 Å². The highest BCUT2D eigenvalue weighted by Crippen LogP contribution is 2.54. The number of rotatable bonds is 3. The maximum Gasteiger partial charge on any atom is 0.276 e. The van der Waals surface area contributed by atoms with Gasteiger partial charge in [-0.25, -0.2) is 0 Å². The molecule has 1 unspecified atom stereocenters. The molecule has 6 nitrogen and oxygen atoms in total. The zero-order valence-electron chi connectivity index (χ0n) is 14.2. The van der Waals surface area contributed by atoms with Gasteiger partial charge in [0.2, 0.25) is 0 Å². The van der Waals surface area contributed by atoms with Gasteiger partial charge in [0.1, 0.15) is 0 Å². The van der Waals surface area contributed by atoms with E-state index in [2.05, 4.69) is 10.2 Å². The summed E-state index contributed by atoms with van der Waals surface area (Å²) in [7, 11) is 0. The van der Waals surface area contributed by atoms with Crippen LogP contribution in [0.3, 0.4) is 0 Å². The Morgan fingerprint density at radius 2 is 1.54 bits per heavy atom. The largest absolute Gasteiger partial charge is 0.276 e. The van der Waals surface area contributed by atoms with Crippen molar-refractivity contribution < 1.29 is 9.59 Å². The second-order valence-electron chi connectivity index (χ2n) is 6.99. The Kier molecular flexibility index (Phi) is 3.30. The first-order chi connectivity index (χ1) is 12.7. The molecule has 0 radical (unpaired) electrons. The molecule has 130 valence electrons. The Hall–Kier alpha value is -2.86. The SMILES string of the molecule is O=C1c2ccccc2C(=O)N1N1[C@@H]2CCCC[C@]21N=Nc1ccccc1. The van der Waals surface area contributed by atoms with E-state index in [4.69, 9.17) is 0 Å². The van der Waals surface area contributed by atoms with Crippen molar-refractivity contribution in [2.24, 2.45) is 10.2 Å². The van der Waals surface area contributed by atoms with Crippen molar-refractivity contribution in [3.05, 3.63) is 65.7 Å². The summed E-state index contributed by atoms with van der Waals surface area (Å²) >= 11 is 0. The number of carbonyl (C=O) groups is 2. The van der Waals surface area contributed by atoms with Crippen LogP contribution in [-0.4, -0.2) is 33.5 Å². The molecule has 0 N–H and O–H groups in total. The number of hydrogen-bond donors (Lipinski definition) is 0. The second kappa shape index (κ2) is 5.57. The smallest absolute Gasteiger partial charge is 0.267 e. The van der Waals surface area contributed by atoms with Gasteiger partial charge in [-0.3, -0.25) is 9.59 Å². The number of amides is 2. The summed E-state index contributed by atoms with van der Waals surface area (Å²) in [6.07, 6.45) is 3.82. The monoisotopic (exact) mass is 346 g/mol. The van der Waals surface area contributed by atoms with E-state index < -0.39 is 5.66 Å². The molecule has 2 aromatic rings. The molecule has 0 aromatic heterocycles. The lowest BCUT2D eigenvalue weighted by Gasteiger charge is -2.19. The maximum atomic E-state index is 12.8. The molecule has 26 heavy (non-hydrogen) atoms. The summed E-state index contributed by atoms with van der Waals surface area (Å²) < 4.78 is 0. The zero-order chi connectivity index (χ0) is 17.7. The van der Waals surface area contributed by atoms with Crippen molar-refractivity contribution in [3.63, 3.8) is 0 Å². The molecule has 2 amide bonds. The summed E-state index contributed by atoms with van der Waals surface area (Å²) in [4.78, 5) is 25.7. The van der Waals surface area contributed by atoms with Crippen molar-refractivity contribution in [1.29, 1.82) is 0 Å². The summed E-state index contributed by atoms with van der Waals surface area (Å²) in [6.45, 7) is 0. The molecule has 3 aliphatic rings. The lowest BCUT2D eigenvalue weighted by Crippen LogP contribution is -2.39. The molecule has 2 aromatic carbocycles. The number of carbonyl (C=O) groups excluding carboxylic acids is 2. The van der Waals surface area contributed by atoms with E-state index in [1.54, 1.807) is 24.3 Å². The maximum absolute atomic E-state index is 12.8. The highest BCUT2D eigenvalue weighted by Gasteiger charge is 2.70. The van der Waals surface area contributed by atoms with E-state index in [1.807, 2.05) is 35.3 Å². The third-order valence-corrected chi connectivity index (χ3v) is 5.51. The van der Waals surface area contributed by atoms with Crippen LogP contribution in [0.1, 0.15) is 46.4 Å². The van der Waals surface area contributed by atoms with Gasteiger partial charge in [0.05, 0.1) is 22.9 Å². The first-order valence-corrected chi connectivity index (χ1v) is 8.97. The van der Waals surface area contributed by atoms with E-state index >= 15 is 0 Å². The third kappa shape index (κ3) is 2.08. The number of nitrogens with zero attached hydrogens (tertiary/aromatic N) is 4. The van der Waals surface area contributed by atoms with Crippen LogP contribution in [0.2, 0.25) is 0 Å². The molecular weight excluding hydrogens is 328 g/mol. The first kappa shape index (κ1) is 15.4. The molecule has 0 spiro atoms. The summed E-state index contributed by atoms with van der Waals surface area (Å²) in [5.74, 6) is -0.511. The van der Waals surface area contributed by atoms with E-state index in [9.17, 15) is 9.59 Å². The minimum Gasteiger partial charge on any atom is -0.267 e. The number of benzene rings is 2. The summed E-state index contributed by atoms with van der Waals surface area (Å²) in [6, 6.07) is 16.6. The predicted octanol–water partition coefficient (Wildman–Crippen LogP) is 3.94. The van der Waals surface area contributed by atoms with Crippen LogP contribution in [0.25, 0.3) is 0 Å². The molecule has 2 aliphatic heterocycles. The van der Waals surface area contributed by atoms with Gasteiger partial charge in [-0.1, -0.05) is 36.8 Å². The average Bonchev–Trinajstić information content (AvgIpc) is 3.28. The second-order valence-corrected chi connectivity index (χ2v) is 6.99. The van der Waals surface area contributed by atoms with Crippen LogP contribution < -0.4 is 0 Å². The fourth-order valence-corrected chi connectivity index (χ4v) is 4.21. The number of hydrazine groups is 1. The van der Waals surface area contributed by atoms with E-state index in [-0.39, 0.29) is 17.9 Å². The Morgan fingerprint density at radius 1 is 0.885 bits per heavy atom. The predicted molar refractivity (Wildman–Crippen MR) is 94.7 cm³/mol.